The zero-order valence-corrected chi connectivity index (χ0v) is 17.0. The molecular formula is C19H20ClNO5S. The summed E-state index contributed by atoms with van der Waals surface area (Å²) in [4.78, 5) is 30.4. The highest BCUT2D eigenvalue weighted by atomic mass is 35.5. The number of sulfone groups is 1. The van der Waals surface area contributed by atoms with E-state index in [1.54, 1.807) is 13.8 Å². The number of aryl methyl sites for hydroxylation is 1. The van der Waals surface area contributed by atoms with Crippen LogP contribution in [-0.2, 0) is 19.5 Å². The first kappa shape index (κ1) is 19.8. The Morgan fingerprint density at radius 1 is 1.22 bits per heavy atom. The Labute approximate surface area is 163 Å². The van der Waals surface area contributed by atoms with Gasteiger partial charge in [-0.25, -0.2) is 8.42 Å². The number of rotatable bonds is 3. The molecule has 0 spiro atoms. The van der Waals surface area contributed by atoms with Crippen molar-refractivity contribution in [3.63, 3.8) is 0 Å². The van der Waals surface area contributed by atoms with Gasteiger partial charge in [-0.3, -0.25) is 9.59 Å². The molecule has 8 heteroatoms. The fraction of sp³-hybridized carbons (Fsp3) is 0.421. The Balaban J connectivity index is 2.28. The van der Waals surface area contributed by atoms with Gasteiger partial charge in [0.25, 0.3) is 0 Å². The maximum absolute atomic E-state index is 13.1. The highest BCUT2D eigenvalue weighted by Crippen LogP contribution is 2.35. The van der Waals surface area contributed by atoms with E-state index in [4.69, 9.17) is 16.4 Å². The molecule has 1 aromatic rings. The van der Waals surface area contributed by atoms with Gasteiger partial charge in [0.2, 0.25) is 0 Å². The number of fused-ring (bicyclic) bond motifs is 1. The quantitative estimate of drug-likeness (QED) is 0.434. The lowest BCUT2D eigenvalue weighted by Gasteiger charge is -2.24. The van der Waals surface area contributed by atoms with E-state index in [0.29, 0.717) is 35.2 Å². The molecule has 0 radical (unpaired) electrons. The van der Waals surface area contributed by atoms with Crippen molar-refractivity contribution >= 4 is 38.7 Å². The summed E-state index contributed by atoms with van der Waals surface area (Å²) in [5.74, 6) is -0.803. The number of Topliss-reactive ketones (excluding diaryl/α,β-unsaturated/α-hetero) is 2. The fourth-order valence-electron chi connectivity index (χ4n) is 3.73. The Kier molecular flexibility index (Phi) is 5.27. The molecule has 2 aliphatic rings. The van der Waals surface area contributed by atoms with Crippen LogP contribution >= 0.6 is 11.6 Å². The number of carbonyl (C=O) groups excluding carboxylic acids is 2. The summed E-state index contributed by atoms with van der Waals surface area (Å²) in [6.45, 7) is 3.31. The second kappa shape index (κ2) is 7.20. The Morgan fingerprint density at radius 2 is 1.93 bits per heavy atom. The highest BCUT2D eigenvalue weighted by molar-refractivity contribution is 7.91. The lowest BCUT2D eigenvalue weighted by Crippen LogP contribution is -2.27. The van der Waals surface area contributed by atoms with Crippen molar-refractivity contribution in [2.24, 2.45) is 5.16 Å². The molecule has 0 saturated carbocycles. The van der Waals surface area contributed by atoms with Gasteiger partial charge in [0.05, 0.1) is 21.9 Å². The predicted molar refractivity (Wildman–Crippen MR) is 102 cm³/mol. The van der Waals surface area contributed by atoms with Crippen LogP contribution in [0.15, 0.2) is 26.7 Å². The maximum Gasteiger partial charge on any atom is 0.198 e. The van der Waals surface area contributed by atoms with E-state index in [0.717, 1.165) is 0 Å². The highest BCUT2D eigenvalue weighted by Gasteiger charge is 2.35. The topological polar surface area (TPSA) is 89.9 Å². The largest absolute Gasteiger partial charge is 0.399 e. The van der Waals surface area contributed by atoms with Crippen LogP contribution < -0.4 is 0 Å². The molecule has 1 aliphatic carbocycles. The van der Waals surface area contributed by atoms with Gasteiger partial charge in [0.1, 0.15) is 7.11 Å². The zero-order chi connectivity index (χ0) is 19.9. The molecular weight excluding hydrogens is 390 g/mol. The van der Waals surface area contributed by atoms with Crippen molar-refractivity contribution in [1.29, 1.82) is 0 Å². The molecule has 0 atom stereocenters. The normalized spacial score (nSPS) is 20.6. The number of benzene rings is 1. The third-order valence-corrected chi connectivity index (χ3v) is 7.22. The molecule has 144 valence electrons. The number of oxime groups is 1. The van der Waals surface area contributed by atoms with Crippen LogP contribution in [0, 0.1) is 13.8 Å². The third kappa shape index (κ3) is 3.34. The fourth-order valence-corrected chi connectivity index (χ4v) is 5.85. The Hall–Kier alpha value is -1.99. The van der Waals surface area contributed by atoms with Crippen molar-refractivity contribution in [3.05, 3.63) is 38.9 Å². The SMILES string of the molecule is CO/N=C1\CCS(=O)(=O)c2c(C)cc(C(=O)C3=C(Cl)CCCC3=O)c(C)c21. The number of hydrogen-bond donors (Lipinski definition) is 0. The minimum absolute atomic E-state index is 0.00858. The van der Waals surface area contributed by atoms with E-state index in [-0.39, 0.29) is 45.4 Å². The number of hydrogen-bond acceptors (Lipinski definition) is 6. The lowest BCUT2D eigenvalue weighted by molar-refractivity contribution is -0.115. The monoisotopic (exact) mass is 409 g/mol. The third-order valence-electron chi connectivity index (χ3n) is 4.96. The summed E-state index contributed by atoms with van der Waals surface area (Å²) in [5.41, 5.74) is 2.07. The number of allylic oxidation sites excluding steroid dienone is 2. The molecule has 0 aromatic heterocycles. The van der Waals surface area contributed by atoms with Crippen LogP contribution in [0.2, 0.25) is 0 Å². The molecule has 0 bridgehead atoms. The standard InChI is InChI=1S/C19H20ClNO5S/c1-10-9-12(18(23)17-13(20)5-4-6-15(17)22)11(2)16-14(21-26-3)7-8-27(24,25)19(10)16/h9H,4-8H2,1-3H3/b21-14+. The molecule has 1 aliphatic heterocycles. The van der Waals surface area contributed by atoms with Crippen molar-refractivity contribution in [3.8, 4) is 0 Å². The van der Waals surface area contributed by atoms with Gasteiger partial charge < -0.3 is 4.84 Å². The first-order valence-electron chi connectivity index (χ1n) is 8.63. The molecule has 1 heterocycles. The second-order valence-corrected chi connectivity index (χ2v) is 9.25. The summed E-state index contributed by atoms with van der Waals surface area (Å²) in [6, 6.07) is 1.53. The average molecular weight is 410 g/mol. The molecule has 3 rings (SSSR count). The van der Waals surface area contributed by atoms with E-state index < -0.39 is 15.6 Å². The molecule has 0 amide bonds. The summed E-state index contributed by atoms with van der Waals surface area (Å²) < 4.78 is 25.2. The molecule has 0 unspecified atom stereocenters. The van der Waals surface area contributed by atoms with Gasteiger partial charge in [0.15, 0.2) is 21.4 Å². The number of ketones is 2. The van der Waals surface area contributed by atoms with E-state index in [1.807, 2.05) is 0 Å². The van der Waals surface area contributed by atoms with Crippen LogP contribution in [-0.4, -0.2) is 38.6 Å². The van der Waals surface area contributed by atoms with Crippen LogP contribution in [0.3, 0.4) is 0 Å². The van der Waals surface area contributed by atoms with Crippen molar-refractivity contribution in [2.45, 2.75) is 44.4 Å². The summed E-state index contributed by atoms with van der Waals surface area (Å²) >= 11 is 6.18. The molecule has 6 nitrogen and oxygen atoms in total. The predicted octanol–water partition coefficient (Wildman–Crippen LogP) is 3.26. The van der Waals surface area contributed by atoms with Crippen LogP contribution in [0.1, 0.15) is 52.7 Å². The zero-order valence-electron chi connectivity index (χ0n) is 15.4. The molecule has 0 N–H and O–H groups in total. The Bertz CT molecular complexity index is 1020. The molecule has 1 aromatic carbocycles. The van der Waals surface area contributed by atoms with Crippen LogP contribution in [0.5, 0.6) is 0 Å². The number of carbonyl (C=O) groups is 2. The number of nitrogens with zero attached hydrogens (tertiary/aromatic N) is 1. The average Bonchev–Trinajstić information content (AvgIpc) is 2.59. The van der Waals surface area contributed by atoms with Gasteiger partial charge in [-0.15, -0.1) is 0 Å². The summed E-state index contributed by atoms with van der Waals surface area (Å²) in [7, 11) is -2.10. The smallest absolute Gasteiger partial charge is 0.198 e. The van der Waals surface area contributed by atoms with Crippen molar-refractivity contribution in [2.75, 3.05) is 12.9 Å². The maximum atomic E-state index is 13.1. The minimum atomic E-state index is -3.49. The molecule has 0 saturated heterocycles. The van der Waals surface area contributed by atoms with Crippen molar-refractivity contribution < 1.29 is 22.8 Å². The van der Waals surface area contributed by atoms with Crippen LogP contribution in [0.4, 0.5) is 0 Å². The van der Waals surface area contributed by atoms with E-state index >= 15 is 0 Å². The minimum Gasteiger partial charge on any atom is -0.399 e. The lowest BCUT2D eigenvalue weighted by atomic mass is 9.86. The van der Waals surface area contributed by atoms with E-state index in [9.17, 15) is 18.0 Å². The van der Waals surface area contributed by atoms with Gasteiger partial charge in [-0.05, 0) is 43.9 Å². The summed E-state index contributed by atoms with van der Waals surface area (Å²) in [6.07, 6.45) is 1.59. The van der Waals surface area contributed by atoms with Crippen molar-refractivity contribution in [1.82, 2.24) is 0 Å². The van der Waals surface area contributed by atoms with Gasteiger partial charge in [-0.2, -0.15) is 0 Å². The van der Waals surface area contributed by atoms with Gasteiger partial charge >= 0.3 is 0 Å². The van der Waals surface area contributed by atoms with E-state index in [1.165, 1.54) is 13.2 Å². The van der Waals surface area contributed by atoms with Gasteiger partial charge in [0, 0.05) is 29.0 Å². The second-order valence-electron chi connectivity index (χ2n) is 6.75. The Morgan fingerprint density at radius 3 is 2.56 bits per heavy atom. The molecule has 0 fully saturated rings. The summed E-state index contributed by atoms with van der Waals surface area (Å²) in [5, 5.41) is 4.24. The number of halogens is 1. The van der Waals surface area contributed by atoms with E-state index in [2.05, 4.69) is 5.16 Å². The molecule has 27 heavy (non-hydrogen) atoms. The first-order valence-corrected chi connectivity index (χ1v) is 10.7. The first-order chi connectivity index (χ1) is 12.7. The van der Waals surface area contributed by atoms with Gasteiger partial charge in [-0.1, -0.05) is 16.8 Å². The van der Waals surface area contributed by atoms with Crippen LogP contribution in [0.25, 0.3) is 0 Å².